The first-order valence-corrected chi connectivity index (χ1v) is 14.7. The fourth-order valence-electron chi connectivity index (χ4n) is 6.89. The van der Waals surface area contributed by atoms with Gasteiger partial charge in [0.1, 0.15) is 11.2 Å². The predicted octanol–water partition coefficient (Wildman–Crippen LogP) is 4.46. The van der Waals surface area contributed by atoms with Crippen LogP contribution in [0.2, 0.25) is 10.0 Å². The van der Waals surface area contributed by atoms with E-state index in [0.717, 1.165) is 25.9 Å². The molecular formula is C30H37Cl2FN4O3. The van der Waals surface area contributed by atoms with E-state index in [-0.39, 0.29) is 40.5 Å². The van der Waals surface area contributed by atoms with Gasteiger partial charge < -0.3 is 26.0 Å². The maximum absolute atomic E-state index is 15.9. The summed E-state index contributed by atoms with van der Waals surface area (Å²) < 4.78 is 15.9. The van der Waals surface area contributed by atoms with Crippen LogP contribution >= 0.6 is 23.2 Å². The van der Waals surface area contributed by atoms with Crippen LogP contribution in [0.1, 0.15) is 57.1 Å². The minimum atomic E-state index is -1.27. The van der Waals surface area contributed by atoms with Gasteiger partial charge in [0, 0.05) is 48.3 Å². The lowest BCUT2D eigenvalue weighted by molar-refractivity contribution is -0.124. The Morgan fingerprint density at radius 3 is 2.60 bits per heavy atom. The predicted molar refractivity (Wildman–Crippen MR) is 155 cm³/mol. The molecule has 5 rings (SSSR count). The molecule has 2 aromatic carbocycles. The normalized spacial score (nSPS) is 27.2. The van der Waals surface area contributed by atoms with Gasteiger partial charge in [-0.15, -0.1) is 0 Å². The van der Waals surface area contributed by atoms with E-state index in [4.69, 9.17) is 23.2 Å². The number of nitrogens with zero attached hydrogens (tertiary/aromatic N) is 1. The fourth-order valence-corrected chi connectivity index (χ4v) is 7.24. The van der Waals surface area contributed by atoms with Crippen LogP contribution in [-0.4, -0.2) is 66.2 Å². The maximum atomic E-state index is 15.9. The van der Waals surface area contributed by atoms with Crippen molar-refractivity contribution in [3.8, 4) is 0 Å². The molecule has 216 valence electrons. The number of aliphatic hydroxyl groups excluding tert-OH is 1. The number of carbonyl (C=O) groups is 2. The second-order valence-electron chi connectivity index (χ2n) is 12.4. The summed E-state index contributed by atoms with van der Waals surface area (Å²) in [5, 5.41) is 19.4. The van der Waals surface area contributed by atoms with Gasteiger partial charge in [-0.3, -0.25) is 9.59 Å². The molecule has 0 aromatic heterocycles. The Morgan fingerprint density at radius 1 is 1.20 bits per heavy atom. The van der Waals surface area contributed by atoms with Crippen LogP contribution in [0.3, 0.4) is 0 Å². The highest BCUT2D eigenvalue weighted by molar-refractivity contribution is 6.31. The third-order valence-corrected chi connectivity index (χ3v) is 9.10. The molecule has 1 spiro atoms. The number of halogens is 3. The third-order valence-electron chi connectivity index (χ3n) is 8.57. The average molecular weight is 592 g/mol. The van der Waals surface area contributed by atoms with Crippen molar-refractivity contribution in [1.29, 1.82) is 0 Å². The topological polar surface area (TPSA) is 93.7 Å². The van der Waals surface area contributed by atoms with E-state index in [1.54, 1.807) is 24.3 Å². The zero-order valence-electron chi connectivity index (χ0n) is 23.1. The number of benzene rings is 2. The summed E-state index contributed by atoms with van der Waals surface area (Å²) in [6.07, 6.45) is 2.05. The van der Waals surface area contributed by atoms with Crippen LogP contribution in [0.5, 0.6) is 0 Å². The second-order valence-corrected chi connectivity index (χ2v) is 13.3. The molecule has 0 saturated carbocycles. The number of amides is 2. The number of rotatable bonds is 6. The number of hydrogen-bond donors (Lipinski definition) is 4. The van der Waals surface area contributed by atoms with Crippen molar-refractivity contribution in [2.24, 2.45) is 5.41 Å². The molecule has 2 saturated heterocycles. The molecule has 2 amide bonds. The molecule has 4 atom stereocenters. The van der Waals surface area contributed by atoms with Gasteiger partial charge in [0.25, 0.3) is 0 Å². The quantitative estimate of drug-likeness (QED) is 0.399. The Labute approximate surface area is 244 Å². The van der Waals surface area contributed by atoms with E-state index in [1.165, 1.54) is 6.07 Å². The van der Waals surface area contributed by atoms with Crippen molar-refractivity contribution in [1.82, 2.24) is 15.5 Å². The molecule has 0 aliphatic carbocycles. The number of nitrogens with one attached hydrogen (secondary N) is 3. The van der Waals surface area contributed by atoms with Crippen LogP contribution in [0.15, 0.2) is 36.4 Å². The van der Waals surface area contributed by atoms with Gasteiger partial charge >= 0.3 is 0 Å². The molecule has 3 heterocycles. The standard InChI is InChI=1S/C30H37Cl2FN4O3/c1-29(2,3)16-23-30(20-8-7-17(31)15-22(20)35-28(30)40)24(19-5-4-6-21(32)25(19)33)26(36-23)27(39)34-18-9-11-37(12-10-18)13-14-38/h4-8,15,18,23-24,26,36,38H,9-14,16H2,1-3H3,(H,34,39)(H,35,40)/t23-,24+,26-,30+/m1/s1. The average Bonchev–Trinajstić information content (AvgIpc) is 3.36. The van der Waals surface area contributed by atoms with E-state index in [0.29, 0.717) is 29.2 Å². The smallest absolute Gasteiger partial charge is 0.238 e. The van der Waals surface area contributed by atoms with Gasteiger partial charge in [0.2, 0.25) is 11.8 Å². The molecule has 3 aliphatic heterocycles. The first-order chi connectivity index (χ1) is 19.0. The Balaban J connectivity index is 1.60. The highest BCUT2D eigenvalue weighted by Gasteiger charge is 2.66. The fraction of sp³-hybridized carbons (Fsp3) is 0.533. The van der Waals surface area contributed by atoms with Crippen LogP contribution in [0.4, 0.5) is 10.1 Å². The minimum absolute atomic E-state index is 0.0583. The molecule has 4 N–H and O–H groups in total. The van der Waals surface area contributed by atoms with Crippen LogP contribution in [0, 0.1) is 11.2 Å². The molecule has 0 radical (unpaired) electrons. The number of hydrogen-bond acceptors (Lipinski definition) is 5. The molecule has 3 aliphatic rings. The number of β-amino-alcohol motifs (C(OH)–C–C–N with tert-alkyl or cyclic N) is 1. The second kappa shape index (κ2) is 11.2. The van der Waals surface area contributed by atoms with Crippen LogP contribution in [0.25, 0.3) is 0 Å². The Hall–Kier alpha value is -2.23. The van der Waals surface area contributed by atoms with Crippen LogP contribution in [-0.2, 0) is 15.0 Å². The summed E-state index contributed by atoms with van der Waals surface area (Å²) in [4.78, 5) is 30.4. The number of carbonyl (C=O) groups excluding carboxylic acids is 2. The number of anilines is 1. The van der Waals surface area contributed by atoms with Crippen molar-refractivity contribution in [3.63, 3.8) is 0 Å². The molecule has 2 fully saturated rings. The molecule has 0 unspecified atom stereocenters. The lowest BCUT2D eigenvalue weighted by Crippen LogP contribution is -2.51. The molecule has 7 nitrogen and oxygen atoms in total. The van der Waals surface area contributed by atoms with Gasteiger partial charge in [-0.25, -0.2) is 4.39 Å². The largest absolute Gasteiger partial charge is 0.395 e. The van der Waals surface area contributed by atoms with Gasteiger partial charge in [0.05, 0.1) is 17.7 Å². The highest BCUT2D eigenvalue weighted by atomic mass is 35.5. The van der Waals surface area contributed by atoms with Gasteiger partial charge in [-0.05, 0) is 54.0 Å². The van der Waals surface area contributed by atoms with Crippen LogP contribution < -0.4 is 16.0 Å². The van der Waals surface area contributed by atoms with E-state index < -0.39 is 29.2 Å². The van der Waals surface area contributed by atoms with E-state index >= 15 is 4.39 Å². The SMILES string of the molecule is CC(C)(C)C[C@H]1N[C@@H](C(=O)NC2CCN(CCO)CC2)[C@H](c2cccc(Cl)c2F)[C@@]12C(=O)Nc1cc(Cl)ccc12. The summed E-state index contributed by atoms with van der Waals surface area (Å²) >= 11 is 12.6. The summed E-state index contributed by atoms with van der Waals surface area (Å²) in [5.74, 6) is -2.05. The van der Waals surface area contributed by atoms with E-state index in [2.05, 4.69) is 41.6 Å². The number of aliphatic hydroxyl groups is 1. The Kier molecular flexibility index (Phi) is 8.21. The summed E-state index contributed by atoms with van der Waals surface area (Å²) in [7, 11) is 0. The maximum Gasteiger partial charge on any atom is 0.238 e. The third kappa shape index (κ3) is 5.25. The minimum Gasteiger partial charge on any atom is -0.395 e. The summed E-state index contributed by atoms with van der Waals surface area (Å²) in [6.45, 7) is 8.49. The lowest BCUT2D eigenvalue weighted by Gasteiger charge is -2.38. The number of fused-ring (bicyclic) bond motifs is 2. The summed E-state index contributed by atoms with van der Waals surface area (Å²) in [6, 6.07) is 8.60. The highest BCUT2D eigenvalue weighted by Crippen LogP contribution is 2.57. The van der Waals surface area contributed by atoms with Crippen molar-refractivity contribution in [3.05, 3.63) is 63.4 Å². The monoisotopic (exact) mass is 590 g/mol. The Morgan fingerprint density at radius 2 is 1.93 bits per heavy atom. The van der Waals surface area contributed by atoms with Gasteiger partial charge in [0.15, 0.2) is 0 Å². The lowest BCUT2D eigenvalue weighted by atomic mass is 9.62. The van der Waals surface area contributed by atoms with Crippen molar-refractivity contribution >= 4 is 40.7 Å². The first kappa shape index (κ1) is 29.3. The summed E-state index contributed by atoms with van der Waals surface area (Å²) in [5.41, 5.74) is 0.0177. The first-order valence-electron chi connectivity index (χ1n) is 13.9. The molecule has 10 heteroatoms. The van der Waals surface area contributed by atoms with Gasteiger partial charge in [-0.2, -0.15) is 0 Å². The van der Waals surface area contributed by atoms with Crippen molar-refractivity contribution in [2.75, 3.05) is 31.6 Å². The molecular weight excluding hydrogens is 554 g/mol. The molecule has 2 aromatic rings. The van der Waals surface area contributed by atoms with Crippen molar-refractivity contribution < 1.29 is 19.1 Å². The van der Waals surface area contributed by atoms with Crippen molar-refractivity contribution in [2.45, 2.75) is 69.5 Å². The number of likely N-dealkylation sites (tertiary alicyclic amines) is 1. The van der Waals surface area contributed by atoms with E-state index in [9.17, 15) is 14.7 Å². The van der Waals surface area contributed by atoms with E-state index in [1.807, 2.05) is 6.07 Å². The Bertz CT molecular complexity index is 1290. The molecule has 0 bridgehead atoms. The zero-order chi connectivity index (χ0) is 28.8. The zero-order valence-corrected chi connectivity index (χ0v) is 24.6. The van der Waals surface area contributed by atoms with Gasteiger partial charge in [-0.1, -0.05) is 62.2 Å². The number of piperidine rings is 1. The molecule has 40 heavy (non-hydrogen) atoms.